The fraction of sp³-hybridized carbons (Fsp3) is 0.138. The molecule has 36 heavy (non-hydrogen) atoms. The standard InChI is InChI=1S/C29H24N2O4S/c1-33-22-12-9-19(10-13-22)23-16-25(20-7-5-4-6-8-20)31-29(24(23)17-30)36-18-26(32)21-11-14-27(34-2)28(15-21)35-3/h4-16H,18H2,1-3H3. The van der Waals surface area contributed by atoms with Crippen LogP contribution < -0.4 is 14.2 Å². The predicted molar refractivity (Wildman–Crippen MR) is 141 cm³/mol. The molecule has 0 fully saturated rings. The number of nitrogens with zero attached hydrogens (tertiary/aromatic N) is 2. The lowest BCUT2D eigenvalue weighted by molar-refractivity contribution is 0.102. The number of carbonyl (C=O) groups excluding carboxylic acids is 1. The molecule has 0 radical (unpaired) electrons. The van der Waals surface area contributed by atoms with Crippen molar-refractivity contribution in [3.05, 3.63) is 90.0 Å². The third-order valence-corrected chi connectivity index (χ3v) is 6.59. The third-order valence-electron chi connectivity index (χ3n) is 5.61. The lowest BCUT2D eigenvalue weighted by Gasteiger charge is -2.13. The van der Waals surface area contributed by atoms with E-state index in [4.69, 9.17) is 19.2 Å². The number of thioether (sulfide) groups is 1. The van der Waals surface area contributed by atoms with Gasteiger partial charge in [0.1, 0.15) is 16.8 Å². The van der Waals surface area contributed by atoms with Crippen LogP contribution in [0, 0.1) is 11.3 Å². The molecule has 0 saturated carbocycles. The van der Waals surface area contributed by atoms with E-state index in [1.165, 1.54) is 18.9 Å². The maximum absolute atomic E-state index is 13.0. The Morgan fingerprint density at radius 3 is 2.22 bits per heavy atom. The normalized spacial score (nSPS) is 10.4. The van der Waals surface area contributed by atoms with E-state index < -0.39 is 0 Å². The molecule has 3 aromatic carbocycles. The number of pyridine rings is 1. The molecule has 1 aromatic heterocycles. The Kier molecular flexibility index (Phi) is 7.89. The number of ketones is 1. The maximum Gasteiger partial charge on any atom is 0.173 e. The van der Waals surface area contributed by atoms with Crippen LogP contribution in [-0.4, -0.2) is 37.8 Å². The second-order valence-corrected chi connectivity index (χ2v) is 8.69. The highest BCUT2D eigenvalue weighted by atomic mass is 32.2. The molecule has 0 aliphatic heterocycles. The number of methoxy groups -OCH3 is 3. The Balaban J connectivity index is 1.72. The van der Waals surface area contributed by atoms with Crippen LogP contribution in [0.5, 0.6) is 17.2 Å². The molecular weight excluding hydrogens is 472 g/mol. The van der Waals surface area contributed by atoms with E-state index in [1.807, 2.05) is 60.7 Å². The second-order valence-electron chi connectivity index (χ2n) is 7.72. The van der Waals surface area contributed by atoms with Gasteiger partial charge in [-0.1, -0.05) is 54.2 Å². The highest BCUT2D eigenvalue weighted by molar-refractivity contribution is 8.00. The lowest BCUT2D eigenvalue weighted by atomic mass is 9.99. The zero-order chi connectivity index (χ0) is 25.5. The van der Waals surface area contributed by atoms with Crippen molar-refractivity contribution in [3.63, 3.8) is 0 Å². The van der Waals surface area contributed by atoms with Crippen molar-refractivity contribution in [1.29, 1.82) is 5.26 Å². The Hall–Kier alpha value is -4.28. The molecule has 0 atom stereocenters. The van der Waals surface area contributed by atoms with Crippen LogP contribution >= 0.6 is 11.8 Å². The third kappa shape index (κ3) is 5.35. The summed E-state index contributed by atoms with van der Waals surface area (Å²) in [4.78, 5) is 17.8. The first-order chi connectivity index (χ1) is 17.6. The molecule has 0 spiro atoms. The molecule has 0 aliphatic carbocycles. The average Bonchev–Trinajstić information content (AvgIpc) is 2.95. The first-order valence-electron chi connectivity index (χ1n) is 11.1. The van der Waals surface area contributed by atoms with Gasteiger partial charge in [-0.05, 0) is 42.0 Å². The first-order valence-corrected chi connectivity index (χ1v) is 12.1. The van der Waals surface area contributed by atoms with Gasteiger partial charge in [-0.2, -0.15) is 5.26 Å². The van der Waals surface area contributed by atoms with Gasteiger partial charge in [-0.15, -0.1) is 0 Å². The summed E-state index contributed by atoms with van der Waals surface area (Å²) in [7, 11) is 4.68. The van der Waals surface area contributed by atoms with Crippen LogP contribution in [-0.2, 0) is 0 Å². The minimum absolute atomic E-state index is 0.109. The average molecular weight is 497 g/mol. The van der Waals surface area contributed by atoms with Gasteiger partial charge >= 0.3 is 0 Å². The van der Waals surface area contributed by atoms with E-state index in [0.29, 0.717) is 27.7 Å². The van der Waals surface area contributed by atoms with Crippen LogP contribution in [0.4, 0.5) is 0 Å². The number of Topliss-reactive ketones (excluding diaryl/α,β-unsaturated/α-hetero) is 1. The summed E-state index contributed by atoms with van der Waals surface area (Å²) in [5.41, 5.74) is 4.17. The van der Waals surface area contributed by atoms with Crippen LogP contribution in [0.2, 0.25) is 0 Å². The molecule has 1 heterocycles. The zero-order valence-electron chi connectivity index (χ0n) is 20.1. The molecule has 7 heteroatoms. The minimum atomic E-state index is -0.109. The summed E-state index contributed by atoms with van der Waals surface area (Å²) in [6.07, 6.45) is 0. The fourth-order valence-electron chi connectivity index (χ4n) is 3.72. The number of ether oxygens (including phenoxy) is 3. The van der Waals surface area contributed by atoms with Crippen LogP contribution in [0.1, 0.15) is 15.9 Å². The van der Waals surface area contributed by atoms with E-state index in [-0.39, 0.29) is 11.5 Å². The molecular formula is C29H24N2O4S. The van der Waals surface area contributed by atoms with E-state index in [2.05, 4.69) is 6.07 Å². The van der Waals surface area contributed by atoms with E-state index >= 15 is 0 Å². The van der Waals surface area contributed by atoms with Gasteiger partial charge in [0.2, 0.25) is 0 Å². The number of hydrogen-bond acceptors (Lipinski definition) is 7. The molecule has 4 rings (SSSR count). The molecule has 180 valence electrons. The maximum atomic E-state index is 13.0. The van der Waals surface area contributed by atoms with E-state index in [0.717, 1.165) is 28.1 Å². The Bertz CT molecular complexity index is 1410. The minimum Gasteiger partial charge on any atom is -0.497 e. The van der Waals surface area contributed by atoms with Crippen molar-refractivity contribution in [2.75, 3.05) is 27.1 Å². The number of rotatable bonds is 9. The Morgan fingerprint density at radius 2 is 1.58 bits per heavy atom. The van der Waals surface area contributed by atoms with Crippen LogP contribution in [0.25, 0.3) is 22.4 Å². The van der Waals surface area contributed by atoms with Gasteiger partial charge < -0.3 is 14.2 Å². The molecule has 0 amide bonds. The number of nitriles is 1. The highest BCUT2D eigenvalue weighted by Crippen LogP contribution is 2.35. The Morgan fingerprint density at radius 1 is 0.861 bits per heavy atom. The SMILES string of the molecule is COc1ccc(-c2cc(-c3ccccc3)nc(SCC(=O)c3ccc(OC)c(OC)c3)c2C#N)cc1. The summed E-state index contributed by atoms with van der Waals surface area (Å²) in [6, 6.07) is 26.6. The smallest absolute Gasteiger partial charge is 0.173 e. The number of carbonyl (C=O) groups is 1. The summed E-state index contributed by atoms with van der Waals surface area (Å²) in [6.45, 7) is 0. The van der Waals surface area contributed by atoms with E-state index in [1.54, 1.807) is 32.4 Å². The molecule has 0 N–H and O–H groups in total. The summed E-state index contributed by atoms with van der Waals surface area (Å²) in [5, 5.41) is 10.6. The summed E-state index contributed by atoms with van der Waals surface area (Å²) >= 11 is 1.24. The second kappa shape index (κ2) is 11.4. The summed E-state index contributed by atoms with van der Waals surface area (Å²) in [5.74, 6) is 1.76. The summed E-state index contributed by atoms with van der Waals surface area (Å²) < 4.78 is 15.9. The van der Waals surface area contributed by atoms with Gasteiger partial charge in [0.15, 0.2) is 17.3 Å². The van der Waals surface area contributed by atoms with Gasteiger partial charge in [0, 0.05) is 16.7 Å². The highest BCUT2D eigenvalue weighted by Gasteiger charge is 2.18. The van der Waals surface area contributed by atoms with Crippen molar-refractivity contribution in [2.45, 2.75) is 5.03 Å². The quantitative estimate of drug-likeness (QED) is 0.199. The van der Waals surface area contributed by atoms with Crippen molar-refractivity contribution in [2.24, 2.45) is 0 Å². The predicted octanol–water partition coefficient (Wildman–Crippen LogP) is 6.29. The lowest BCUT2D eigenvalue weighted by Crippen LogP contribution is -2.05. The van der Waals surface area contributed by atoms with E-state index in [9.17, 15) is 10.1 Å². The van der Waals surface area contributed by atoms with Gasteiger partial charge in [0.05, 0.1) is 38.3 Å². The van der Waals surface area contributed by atoms with Crippen molar-refractivity contribution < 1.29 is 19.0 Å². The van der Waals surface area contributed by atoms with Gasteiger partial charge in [-0.3, -0.25) is 4.79 Å². The first kappa shape index (κ1) is 24.8. The number of benzene rings is 3. The molecule has 0 bridgehead atoms. The van der Waals surface area contributed by atoms with Crippen molar-refractivity contribution >= 4 is 17.5 Å². The topological polar surface area (TPSA) is 81.4 Å². The van der Waals surface area contributed by atoms with Crippen LogP contribution in [0.3, 0.4) is 0 Å². The zero-order valence-corrected chi connectivity index (χ0v) is 21.0. The number of hydrogen-bond donors (Lipinski definition) is 0. The molecule has 0 aliphatic rings. The fourth-order valence-corrected chi connectivity index (χ4v) is 4.61. The largest absolute Gasteiger partial charge is 0.497 e. The van der Waals surface area contributed by atoms with Crippen molar-refractivity contribution in [3.8, 4) is 45.7 Å². The monoisotopic (exact) mass is 496 g/mol. The van der Waals surface area contributed by atoms with Crippen molar-refractivity contribution in [1.82, 2.24) is 4.98 Å². The van der Waals surface area contributed by atoms with Gasteiger partial charge in [-0.25, -0.2) is 4.98 Å². The molecule has 0 saturated heterocycles. The number of aromatic nitrogens is 1. The van der Waals surface area contributed by atoms with Gasteiger partial charge in [0.25, 0.3) is 0 Å². The molecule has 6 nitrogen and oxygen atoms in total. The van der Waals surface area contributed by atoms with Crippen LogP contribution in [0.15, 0.2) is 83.9 Å². The molecule has 0 unspecified atom stereocenters. The molecule has 4 aromatic rings. The Labute approximate surface area is 214 Å².